The third-order valence-electron chi connectivity index (χ3n) is 2.64. The van der Waals surface area contributed by atoms with Crippen molar-refractivity contribution in [1.82, 2.24) is 10.6 Å². The largest absolute Gasteiger partial charge is 0.356 e. The number of amides is 1. The molecule has 0 bridgehead atoms. The lowest BCUT2D eigenvalue weighted by molar-refractivity contribution is -0.122. The van der Waals surface area contributed by atoms with Crippen LogP contribution in [0.2, 0.25) is 0 Å². The average molecular weight is 210 g/mol. The van der Waals surface area contributed by atoms with Crippen LogP contribution in [0.4, 0.5) is 0 Å². The van der Waals surface area contributed by atoms with E-state index >= 15 is 0 Å². The zero-order valence-electron chi connectivity index (χ0n) is 9.25. The first-order valence-corrected chi connectivity index (χ1v) is 5.27. The van der Waals surface area contributed by atoms with Crippen molar-refractivity contribution in [2.75, 3.05) is 13.6 Å². The molecule has 1 amide bonds. The van der Waals surface area contributed by atoms with Gasteiger partial charge in [0.1, 0.15) is 0 Å². The first kappa shape index (κ1) is 11.9. The SMILES string of the molecule is CNC(/C=C/C(C)=O)CC1CCNC1=O. The highest BCUT2D eigenvalue weighted by Crippen LogP contribution is 2.16. The maximum absolute atomic E-state index is 11.3. The molecule has 1 saturated heterocycles. The molecule has 2 unspecified atom stereocenters. The second-order valence-corrected chi connectivity index (χ2v) is 3.88. The van der Waals surface area contributed by atoms with E-state index in [1.807, 2.05) is 13.1 Å². The fraction of sp³-hybridized carbons (Fsp3) is 0.636. The smallest absolute Gasteiger partial charge is 0.223 e. The normalized spacial score (nSPS) is 23.1. The van der Waals surface area contributed by atoms with Crippen LogP contribution >= 0.6 is 0 Å². The van der Waals surface area contributed by atoms with Gasteiger partial charge in [0.25, 0.3) is 0 Å². The van der Waals surface area contributed by atoms with Gasteiger partial charge >= 0.3 is 0 Å². The van der Waals surface area contributed by atoms with Crippen LogP contribution in [0, 0.1) is 5.92 Å². The average Bonchev–Trinajstić information content (AvgIpc) is 2.58. The van der Waals surface area contributed by atoms with Crippen molar-refractivity contribution >= 4 is 11.7 Å². The van der Waals surface area contributed by atoms with E-state index in [0.29, 0.717) is 0 Å². The molecule has 0 aromatic carbocycles. The molecule has 4 nitrogen and oxygen atoms in total. The summed E-state index contributed by atoms with van der Waals surface area (Å²) >= 11 is 0. The van der Waals surface area contributed by atoms with E-state index in [1.165, 1.54) is 6.92 Å². The Hall–Kier alpha value is -1.16. The molecule has 0 saturated carbocycles. The predicted molar refractivity (Wildman–Crippen MR) is 58.4 cm³/mol. The maximum atomic E-state index is 11.3. The molecule has 15 heavy (non-hydrogen) atoms. The lowest BCUT2D eigenvalue weighted by Crippen LogP contribution is -2.29. The van der Waals surface area contributed by atoms with Crippen molar-refractivity contribution < 1.29 is 9.59 Å². The van der Waals surface area contributed by atoms with Gasteiger partial charge in [0.2, 0.25) is 5.91 Å². The number of hydrogen-bond acceptors (Lipinski definition) is 3. The minimum absolute atomic E-state index is 0.0334. The van der Waals surface area contributed by atoms with E-state index in [-0.39, 0.29) is 23.7 Å². The van der Waals surface area contributed by atoms with Crippen LogP contribution in [0.3, 0.4) is 0 Å². The molecule has 0 spiro atoms. The predicted octanol–water partition coefficient (Wildman–Crippen LogP) is 0.246. The van der Waals surface area contributed by atoms with E-state index in [9.17, 15) is 9.59 Å². The van der Waals surface area contributed by atoms with E-state index in [1.54, 1.807) is 6.08 Å². The van der Waals surface area contributed by atoms with Gasteiger partial charge < -0.3 is 10.6 Å². The summed E-state index contributed by atoms with van der Waals surface area (Å²) in [6.07, 6.45) is 5.03. The van der Waals surface area contributed by atoms with Gasteiger partial charge in [0, 0.05) is 18.5 Å². The molecule has 0 aliphatic carbocycles. The molecule has 1 rings (SSSR count). The summed E-state index contributed by atoms with van der Waals surface area (Å²) in [5.74, 6) is 0.247. The molecule has 0 aromatic rings. The van der Waals surface area contributed by atoms with Crippen LogP contribution in [-0.2, 0) is 9.59 Å². The summed E-state index contributed by atoms with van der Waals surface area (Å²) in [7, 11) is 1.84. The zero-order valence-corrected chi connectivity index (χ0v) is 9.25. The van der Waals surface area contributed by atoms with Crippen LogP contribution in [-0.4, -0.2) is 31.3 Å². The van der Waals surface area contributed by atoms with Crippen molar-refractivity contribution in [3.63, 3.8) is 0 Å². The summed E-state index contributed by atoms with van der Waals surface area (Å²) in [5, 5.41) is 5.89. The molecule has 1 fully saturated rings. The molecule has 1 aliphatic rings. The zero-order chi connectivity index (χ0) is 11.3. The summed E-state index contributed by atoms with van der Waals surface area (Å²) in [5.41, 5.74) is 0. The van der Waals surface area contributed by atoms with E-state index in [0.717, 1.165) is 19.4 Å². The van der Waals surface area contributed by atoms with Crippen LogP contribution in [0.1, 0.15) is 19.8 Å². The fourth-order valence-corrected chi connectivity index (χ4v) is 1.72. The van der Waals surface area contributed by atoms with Crippen molar-refractivity contribution in [3.05, 3.63) is 12.2 Å². The molecular weight excluding hydrogens is 192 g/mol. The molecule has 1 aliphatic heterocycles. The minimum Gasteiger partial charge on any atom is -0.356 e. The maximum Gasteiger partial charge on any atom is 0.223 e. The van der Waals surface area contributed by atoms with Crippen molar-refractivity contribution in [3.8, 4) is 0 Å². The monoisotopic (exact) mass is 210 g/mol. The Morgan fingerprint density at radius 1 is 1.73 bits per heavy atom. The van der Waals surface area contributed by atoms with Gasteiger partial charge in [-0.3, -0.25) is 9.59 Å². The molecule has 0 radical (unpaired) electrons. The highest BCUT2D eigenvalue weighted by Gasteiger charge is 2.25. The first-order valence-electron chi connectivity index (χ1n) is 5.27. The molecule has 0 aromatic heterocycles. The lowest BCUT2D eigenvalue weighted by atomic mass is 9.98. The summed E-state index contributed by atoms with van der Waals surface area (Å²) in [6.45, 7) is 2.29. The molecule has 84 valence electrons. The summed E-state index contributed by atoms with van der Waals surface area (Å²) in [4.78, 5) is 22.1. The third-order valence-corrected chi connectivity index (χ3v) is 2.64. The summed E-state index contributed by atoms with van der Waals surface area (Å²) < 4.78 is 0. The number of hydrogen-bond donors (Lipinski definition) is 2. The third kappa shape index (κ3) is 3.83. The lowest BCUT2D eigenvalue weighted by Gasteiger charge is -2.14. The van der Waals surface area contributed by atoms with Gasteiger partial charge in [-0.2, -0.15) is 0 Å². The molecule has 2 N–H and O–H groups in total. The number of ketones is 1. The van der Waals surface area contributed by atoms with Gasteiger partial charge in [-0.1, -0.05) is 6.08 Å². The number of allylic oxidation sites excluding steroid dienone is 1. The number of rotatable bonds is 5. The molecular formula is C11H18N2O2. The standard InChI is InChI=1S/C11H18N2O2/c1-8(14)3-4-10(12-2)7-9-5-6-13-11(9)15/h3-4,9-10,12H,5-7H2,1-2H3,(H,13,15)/b4-3+. The van der Waals surface area contributed by atoms with Crippen molar-refractivity contribution in [2.45, 2.75) is 25.8 Å². The number of carbonyl (C=O) groups is 2. The fourth-order valence-electron chi connectivity index (χ4n) is 1.72. The number of nitrogens with one attached hydrogen (secondary N) is 2. The Morgan fingerprint density at radius 2 is 2.47 bits per heavy atom. The van der Waals surface area contributed by atoms with Crippen LogP contribution < -0.4 is 10.6 Å². The van der Waals surface area contributed by atoms with Crippen molar-refractivity contribution in [1.29, 1.82) is 0 Å². The number of likely N-dealkylation sites (N-methyl/N-ethyl adjacent to an activating group) is 1. The highest BCUT2D eigenvalue weighted by molar-refractivity contribution is 5.87. The quantitative estimate of drug-likeness (QED) is 0.639. The van der Waals surface area contributed by atoms with E-state index in [4.69, 9.17) is 0 Å². The van der Waals surface area contributed by atoms with Crippen LogP contribution in [0.15, 0.2) is 12.2 Å². The number of carbonyl (C=O) groups excluding carboxylic acids is 2. The Bertz CT molecular complexity index is 274. The summed E-state index contributed by atoms with van der Waals surface area (Å²) in [6, 6.07) is 0.0998. The van der Waals surface area contributed by atoms with Gasteiger partial charge in [-0.05, 0) is 32.9 Å². The van der Waals surface area contributed by atoms with Crippen LogP contribution in [0.25, 0.3) is 0 Å². The topological polar surface area (TPSA) is 58.2 Å². The highest BCUT2D eigenvalue weighted by atomic mass is 16.2. The second-order valence-electron chi connectivity index (χ2n) is 3.88. The van der Waals surface area contributed by atoms with Gasteiger partial charge in [0.05, 0.1) is 0 Å². The molecule has 1 heterocycles. The molecule has 2 atom stereocenters. The van der Waals surface area contributed by atoms with Gasteiger partial charge in [-0.25, -0.2) is 0 Å². The van der Waals surface area contributed by atoms with E-state index < -0.39 is 0 Å². The van der Waals surface area contributed by atoms with Crippen LogP contribution in [0.5, 0.6) is 0 Å². The Kier molecular flexibility index (Phi) is 4.49. The van der Waals surface area contributed by atoms with Gasteiger partial charge in [0.15, 0.2) is 5.78 Å². The minimum atomic E-state index is 0.0334. The Balaban J connectivity index is 2.45. The van der Waals surface area contributed by atoms with E-state index in [2.05, 4.69) is 10.6 Å². The van der Waals surface area contributed by atoms with Gasteiger partial charge in [-0.15, -0.1) is 0 Å². The Labute approximate surface area is 90.1 Å². The first-order chi connectivity index (χ1) is 7.13. The molecule has 4 heteroatoms. The van der Waals surface area contributed by atoms with Crippen molar-refractivity contribution in [2.24, 2.45) is 5.92 Å². The Morgan fingerprint density at radius 3 is 2.93 bits per heavy atom. The second kappa shape index (κ2) is 5.66.